The zero-order valence-corrected chi connectivity index (χ0v) is 15.4. The molecule has 0 aliphatic carbocycles. The van der Waals surface area contributed by atoms with Crippen LogP contribution in [0.25, 0.3) is 0 Å². The molecule has 1 aromatic heterocycles. The zero-order chi connectivity index (χ0) is 20.5. The highest BCUT2D eigenvalue weighted by atomic mass is 19.3. The quantitative estimate of drug-likeness (QED) is 0.798. The Labute approximate surface area is 160 Å². The van der Waals surface area contributed by atoms with E-state index in [4.69, 9.17) is 4.74 Å². The Morgan fingerprint density at radius 3 is 2.64 bits per heavy atom. The van der Waals surface area contributed by atoms with Crippen LogP contribution in [0.3, 0.4) is 0 Å². The summed E-state index contributed by atoms with van der Waals surface area (Å²) < 4.78 is 31.9. The molecule has 28 heavy (non-hydrogen) atoms. The fourth-order valence-electron chi connectivity index (χ4n) is 2.76. The number of aromatic nitrogens is 1. The lowest BCUT2D eigenvalue weighted by atomic mass is 10.0. The second-order valence-corrected chi connectivity index (χ2v) is 6.34. The molecule has 1 N–H and O–H groups in total. The van der Waals surface area contributed by atoms with Crippen LogP contribution in [0.4, 0.5) is 20.2 Å². The van der Waals surface area contributed by atoms with Crippen molar-refractivity contribution in [3.63, 3.8) is 0 Å². The topological polar surface area (TPSA) is 83.9 Å². The molecule has 3 rings (SSSR count). The first-order valence-corrected chi connectivity index (χ1v) is 8.39. The molecule has 1 aromatic carbocycles. The van der Waals surface area contributed by atoms with E-state index in [1.807, 2.05) is 0 Å². The van der Waals surface area contributed by atoms with Gasteiger partial charge in [0.05, 0.1) is 24.7 Å². The summed E-state index contributed by atoms with van der Waals surface area (Å²) >= 11 is 0. The molecule has 0 radical (unpaired) electrons. The summed E-state index contributed by atoms with van der Waals surface area (Å²) in [5.41, 5.74) is 0.608. The molecule has 0 spiro atoms. The number of hydrogen-bond donors (Lipinski definition) is 1. The number of halogens is 2. The fraction of sp³-hybridized carbons (Fsp3) is 0.263. The van der Waals surface area contributed by atoms with Gasteiger partial charge < -0.3 is 10.1 Å². The van der Waals surface area contributed by atoms with E-state index in [0.29, 0.717) is 11.6 Å². The molecule has 0 bridgehead atoms. The van der Waals surface area contributed by atoms with Crippen LogP contribution in [0.2, 0.25) is 0 Å². The van der Waals surface area contributed by atoms with Gasteiger partial charge in [-0.15, -0.1) is 0 Å². The third kappa shape index (κ3) is 3.83. The minimum atomic E-state index is -3.04. The predicted molar refractivity (Wildman–Crippen MR) is 99.5 cm³/mol. The summed E-state index contributed by atoms with van der Waals surface area (Å²) in [6.07, 6.45) is 1.40. The summed E-state index contributed by atoms with van der Waals surface area (Å²) in [6.45, 7) is 2.32. The number of benzene rings is 1. The number of rotatable bonds is 5. The maximum absolute atomic E-state index is 13.5. The monoisotopic (exact) mass is 388 g/mol. The second-order valence-electron chi connectivity index (χ2n) is 6.34. The molecule has 7 nitrogen and oxygen atoms in total. The summed E-state index contributed by atoms with van der Waals surface area (Å²) in [5.74, 6) is -5.03. The molecule has 1 unspecified atom stereocenters. The number of hydrazone groups is 1. The van der Waals surface area contributed by atoms with Gasteiger partial charge >= 0.3 is 0 Å². The lowest BCUT2D eigenvalue weighted by molar-refractivity contribution is -0.127. The van der Waals surface area contributed by atoms with Crippen molar-refractivity contribution in [2.24, 2.45) is 11.0 Å². The van der Waals surface area contributed by atoms with Crippen LogP contribution in [-0.2, 0) is 15.5 Å². The maximum atomic E-state index is 13.5. The van der Waals surface area contributed by atoms with E-state index in [1.54, 1.807) is 19.1 Å². The van der Waals surface area contributed by atoms with Crippen LogP contribution in [0.5, 0.6) is 5.88 Å². The average Bonchev–Trinajstić information content (AvgIpc) is 2.95. The van der Waals surface area contributed by atoms with Crippen molar-refractivity contribution in [1.82, 2.24) is 4.98 Å². The van der Waals surface area contributed by atoms with E-state index < -0.39 is 23.7 Å². The minimum absolute atomic E-state index is 0.175. The Morgan fingerprint density at radius 2 is 2.04 bits per heavy atom. The molecular weight excluding hydrogens is 370 g/mol. The lowest BCUT2D eigenvalue weighted by Crippen LogP contribution is -2.36. The second kappa shape index (κ2) is 7.34. The van der Waals surface area contributed by atoms with Gasteiger partial charge in [-0.1, -0.05) is 12.1 Å². The number of nitrogens with one attached hydrogen (secondary N) is 1. The molecule has 1 aliphatic rings. The average molecular weight is 388 g/mol. The Morgan fingerprint density at radius 1 is 1.29 bits per heavy atom. The summed E-state index contributed by atoms with van der Waals surface area (Å²) in [5, 5.41) is 7.73. The van der Waals surface area contributed by atoms with E-state index in [-0.39, 0.29) is 17.0 Å². The van der Waals surface area contributed by atoms with Gasteiger partial charge in [0.15, 0.2) is 5.92 Å². The van der Waals surface area contributed by atoms with Crippen molar-refractivity contribution in [3.8, 4) is 5.88 Å². The van der Waals surface area contributed by atoms with E-state index in [9.17, 15) is 18.4 Å². The van der Waals surface area contributed by atoms with Crippen LogP contribution in [-0.4, -0.2) is 29.6 Å². The SMILES string of the molecule is COc1ccc(N2N=C(C)C(C(=O)Nc3cccc(C(C)(F)F)c3)C2=O)cn1. The van der Waals surface area contributed by atoms with Crippen LogP contribution in [0.15, 0.2) is 47.7 Å². The van der Waals surface area contributed by atoms with Crippen molar-refractivity contribution in [2.75, 3.05) is 17.4 Å². The van der Waals surface area contributed by atoms with Crippen LogP contribution >= 0.6 is 0 Å². The zero-order valence-electron chi connectivity index (χ0n) is 15.4. The van der Waals surface area contributed by atoms with Gasteiger partial charge in [0, 0.05) is 24.2 Å². The molecular formula is C19H18F2N4O3. The number of carbonyl (C=O) groups is 2. The molecule has 1 aliphatic heterocycles. The highest BCUT2D eigenvalue weighted by Crippen LogP contribution is 2.29. The molecule has 2 aromatic rings. The van der Waals surface area contributed by atoms with E-state index in [0.717, 1.165) is 11.9 Å². The number of anilines is 2. The molecule has 0 saturated heterocycles. The van der Waals surface area contributed by atoms with Crippen molar-refractivity contribution in [1.29, 1.82) is 0 Å². The predicted octanol–water partition coefficient (Wildman–Crippen LogP) is 3.18. The molecule has 9 heteroatoms. The third-order valence-corrected chi connectivity index (χ3v) is 4.20. The highest BCUT2D eigenvalue weighted by molar-refractivity contribution is 6.28. The van der Waals surface area contributed by atoms with Crippen LogP contribution in [0.1, 0.15) is 19.4 Å². The molecule has 1 atom stereocenters. The first-order valence-electron chi connectivity index (χ1n) is 8.39. The lowest BCUT2D eigenvalue weighted by Gasteiger charge is -2.15. The van der Waals surface area contributed by atoms with E-state index in [1.165, 1.54) is 37.6 Å². The molecule has 0 fully saturated rings. The minimum Gasteiger partial charge on any atom is -0.481 e. The summed E-state index contributed by atoms with van der Waals surface area (Å²) in [6, 6.07) is 8.49. The van der Waals surface area contributed by atoms with Gasteiger partial charge in [-0.05, 0) is 25.1 Å². The van der Waals surface area contributed by atoms with Crippen molar-refractivity contribution >= 4 is 28.9 Å². The molecule has 2 heterocycles. The van der Waals surface area contributed by atoms with Gasteiger partial charge in [-0.2, -0.15) is 10.1 Å². The van der Waals surface area contributed by atoms with Gasteiger partial charge in [0.2, 0.25) is 11.8 Å². The first kappa shape index (κ1) is 19.4. The van der Waals surface area contributed by atoms with E-state index >= 15 is 0 Å². The van der Waals surface area contributed by atoms with Crippen molar-refractivity contribution in [3.05, 3.63) is 48.2 Å². The number of nitrogens with zero attached hydrogens (tertiary/aromatic N) is 3. The Bertz CT molecular complexity index is 939. The van der Waals surface area contributed by atoms with E-state index in [2.05, 4.69) is 15.4 Å². The van der Waals surface area contributed by atoms with Gasteiger partial charge in [0.1, 0.15) is 0 Å². The smallest absolute Gasteiger partial charge is 0.270 e. The Balaban J connectivity index is 1.77. The number of pyridine rings is 1. The first-order chi connectivity index (χ1) is 13.2. The maximum Gasteiger partial charge on any atom is 0.270 e. The van der Waals surface area contributed by atoms with Crippen molar-refractivity contribution in [2.45, 2.75) is 19.8 Å². The number of hydrogen-bond acceptors (Lipinski definition) is 5. The molecule has 146 valence electrons. The van der Waals surface area contributed by atoms with Gasteiger partial charge in [-0.25, -0.2) is 13.8 Å². The molecule has 0 saturated carbocycles. The number of amides is 2. The van der Waals surface area contributed by atoms with Crippen molar-refractivity contribution < 1.29 is 23.1 Å². The summed E-state index contributed by atoms with van der Waals surface area (Å²) in [4.78, 5) is 29.3. The third-order valence-electron chi connectivity index (χ3n) is 4.20. The fourth-order valence-corrected chi connectivity index (χ4v) is 2.76. The van der Waals surface area contributed by atoms with Crippen LogP contribution < -0.4 is 15.1 Å². The standard InChI is InChI=1S/C19H18F2N4O3/c1-11-16(17(26)23-13-6-4-5-12(9-13)19(2,20)21)18(27)25(24-11)14-7-8-15(28-3)22-10-14/h4-10,16H,1-3H3,(H,23,26). The van der Waals surface area contributed by atoms with Gasteiger partial charge in [0.25, 0.3) is 11.8 Å². The highest BCUT2D eigenvalue weighted by Gasteiger charge is 2.40. The number of ether oxygens (including phenoxy) is 1. The van der Waals surface area contributed by atoms with Gasteiger partial charge in [-0.3, -0.25) is 9.59 Å². The Hall–Kier alpha value is -3.36. The summed E-state index contributed by atoms with van der Waals surface area (Å²) in [7, 11) is 1.47. The largest absolute Gasteiger partial charge is 0.481 e. The molecule has 2 amide bonds. The van der Waals surface area contributed by atoms with Crippen LogP contribution in [0, 0.1) is 5.92 Å². The number of methoxy groups -OCH3 is 1. The number of alkyl halides is 2. The normalized spacial score (nSPS) is 16.8. The Kier molecular flexibility index (Phi) is 5.08. The number of carbonyl (C=O) groups excluding carboxylic acids is 2.